The Bertz CT molecular complexity index is 217. The fourth-order valence-electron chi connectivity index (χ4n) is 1.30. The minimum Gasteiger partial charge on any atom is -0.380 e. The molecule has 0 radical (unpaired) electrons. The zero-order chi connectivity index (χ0) is 13.8. The van der Waals surface area contributed by atoms with Crippen LogP contribution in [-0.4, -0.2) is 38.3 Å². The molecule has 1 unspecified atom stereocenters. The summed E-state index contributed by atoms with van der Waals surface area (Å²) in [5, 5.41) is 6.60. The summed E-state index contributed by atoms with van der Waals surface area (Å²) in [7, 11) is 0. The summed E-state index contributed by atoms with van der Waals surface area (Å²) < 4.78 is 5.54. The lowest BCUT2D eigenvalue weighted by Gasteiger charge is -2.16. The monoisotopic (exact) mass is 257 g/mol. The predicted octanol–water partition coefficient (Wildman–Crippen LogP) is 2.40. The van der Waals surface area contributed by atoms with E-state index < -0.39 is 0 Å². The molecule has 0 heterocycles. The van der Waals surface area contributed by atoms with Crippen LogP contribution in [0, 0.1) is 5.92 Å². The van der Waals surface area contributed by atoms with Crippen molar-refractivity contribution in [1.29, 1.82) is 0 Å². The molecule has 0 saturated heterocycles. The van der Waals surface area contributed by atoms with Gasteiger partial charge in [-0.2, -0.15) is 0 Å². The van der Waals surface area contributed by atoms with E-state index in [1.165, 1.54) is 0 Å². The molecule has 108 valence electrons. The normalized spacial score (nSPS) is 13.8. The average molecular weight is 257 g/mol. The molecule has 0 aliphatic heterocycles. The van der Waals surface area contributed by atoms with Gasteiger partial charge >= 0.3 is 0 Å². The molecule has 0 amide bonds. The van der Waals surface area contributed by atoms with Crippen LogP contribution < -0.4 is 10.6 Å². The Morgan fingerprint density at radius 1 is 1.17 bits per heavy atom. The fraction of sp³-hybridized carbons (Fsp3) is 0.929. The van der Waals surface area contributed by atoms with Crippen LogP contribution in [0.5, 0.6) is 0 Å². The molecule has 4 nitrogen and oxygen atoms in total. The molecule has 0 aromatic heterocycles. The Hall–Kier alpha value is -0.770. The highest BCUT2D eigenvalue weighted by Gasteiger charge is 2.01. The zero-order valence-electron chi connectivity index (χ0n) is 12.8. The van der Waals surface area contributed by atoms with Crippen molar-refractivity contribution in [3.63, 3.8) is 0 Å². The molecular weight excluding hydrogens is 226 g/mol. The van der Waals surface area contributed by atoms with E-state index in [9.17, 15) is 0 Å². The van der Waals surface area contributed by atoms with E-state index in [1.807, 2.05) is 0 Å². The fourth-order valence-corrected chi connectivity index (χ4v) is 1.30. The van der Waals surface area contributed by atoms with Gasteiger partial charge in [-0.05, 0) is 32.6 Å². The van der Waals surface area contributed by atoms with Crippen LogP contribution >= 0.6 is 0 Å². The maximum atomic E-state index is 5.54. The van der Waals surface area contributed by atoms with Crippen molar-refractivity contribution in [1.82, 2.24) is 10.6 Å². The Kier molecular flexibility index (Phi) is 10.8. The number of rotatable bonds is 9. The largest absolute Gasteiger partial charge is 0.380 e. The van der Waals surface area contributed by atoms with Gasteiger partial charge < -0.3 is 15.4 Å². The lowest BCUT2D eigenvalue weighted by molar-refractivity contribution is 0.130. The molecule has 2 N–H and O–H groups in total. The highest BCUT2D eigenvalue weighted by atomic mass is 16.5. The highest BCUT2D eigenvalue weighted by molar-refractivity contribution is 5.79. The van der Waals surface area contributed by atoms with Crippen molar-refractivity contribution in [2.45, 2.75) is 53.5 Å². The standard InChI is InChI=1S/C14H31N3O/c1-6-13(5)17-14(15-7-2)16-9-11-18-10-8-12(3)4/h12-13H,6-11H2,1-5H3,(H2,15,16,17). The van der Waals surface area contributed by atoms with Gasteiger partial charge in [0.2, 0.25) is 0 Å². The molecule has 4 heteroatoms. The van der Waals surface area contributed by atoms with Gasteiger partial charge in [-0.1, -0.05) is 20.8 Å². The summed E-state index contributed by atoms with van der Waals surface area (Å²) in [5.41, 5.74) is 0. The molecule has 0 fully saturated rings. The summed E-state index contributed by atoms with van der Waals surface area (Å²) in [4.78, 5) is 4.49. The first-order valence-electron chi connectivity index (χ1n) is 7.22. The summed E-state index contributed by atoms with van der Waals surface area (Å²) in [6.45, 7) is 13.9. The number of hydrogen-bond donors (Lipinski definition) is 2. The van der Waals surface area contributed by atoms with Gasteiger partial charge in [0.1, 0.15) is 0 Å². The molecule has 0 aliphatic rings. The van der Waals surface area contributed by atoms with Crippen LogP contribution in [-0.2, 0) is 4.74 Å². The first-order chi connectivity index (χ1) is 8.60. The first kappa shape index (κ1) is 17.2. The van der Waals surface area contributed by atoms with Gasteiger partial charge in [0.25, 0.3) is 0 Å². The van der Waals surface area contributed by atoms with E-state index in [0.717, 1.165) is 32.0 Å². The third kappa shape index (κ3) is 10.4. The molecule has 0 aromatic carbocycles. The van der Waals surface area contributed by atoms with Crippen LogP contribution in [0.25, 0.3) is 0 Å². The second-order valence-corrected chi connectivity index (χ2v) is 5.01. The average Bonchev–Trinajstić information content (AvgIpc) is 2.33. The first-order valence-corrected chi connectivity index (χ1v) is 7.22. The molecule has 0 aromatic rings. The van der Waals surface area contributed by atoms with E-state index in [-0.39, 0.29) is 0 Å². The van der Waals surface area contributed by atoms with E-state index in [1.54, 1.807) is 0 Å². The van der Waals surface area contributed by atoms with E-state index >= 15 is 0 Å². The lowest BCUT2D eigenvalue weighted by atomic mass is 10.1. The lowest BCUT2D eigenvalue weighted by Crippen LogP contribution is -2.42. The molecule has 0 bridgehead atoms. The van der Waals surface area contributed by atoms with Gasteiger partial charge in [-0.25, -0.2) is 0 Å². The second kappa shape index (κ2) is 11.3. The maximum Gasteiger partial charge on any atom is 0.191 e. The molecule has 1 atom stereocenters. The maximum absolute atomic E-state index is 5.54. The summed E-state index contributed by atoms with van der Waals surface area (Å²) >= 11 is 0. The van der Waals surface area contributed by atoms with Crippen LogP contribution in [0.15, 0.2) is 4.99 Å². The van der Waals surface area contributed by atoms with E-state index in [2.05, 4.69) is 50.2 Å². The zero-order valence-corrected chi connectivity index (χ0v) is 12.8. The number of aliphatic imine (C=N–C) groups is 1. The molecular formula is C14H31N3O. The van der Waals surface area contributed by atoms with Crippen molar-refractivity contribution < 1.29 is 4.74 Å². The molecule has 0 saturated carbocycles. The number of nitrogens with zero attached hydrogens (tertiary/aromatic N) is 1. The van der Waals surface area contributed by atoms with Gasteiger partial charge in [0, 0.05) is 19.2 Å². The topological polar surface area (TPSA) is 45.7 Å². The van der Waals surface area contributed by atoms with Crippen LogP contribution in [0.4, 0.5) is 0 Å². The SMILES string of the molecule is CCNC(=NCCOCCC(C)C)NC(C)CC. The van der Waals surface area contributed by atoms with Crippen LogP contribution in [0.2, 0.25) is 0 Å². The second-order valence-electron chi connectivity index (χ2n) is 5.01. The Labute approximate surface area is 113 Å². The number of ether oxygens (including phenoxy) is 1. The van der Waals surface area contributed by atoms with Gasteiger partial charge in [0.05, 0.1) is 13.2 Å². The third-order valence-corrected chi connectivity index (χ3v) is 2.68. The van der Waals surface area contributed by atoms with Gasteiger partial charge in [-0.3, -0.25) is 4.99 Å². The number of nitrogens with one attached hydrogen (secondary N) is 2. The molecule has 0 spiro atoms. The van der Waals surface area contributed by atoms with Crippen molar-refractivity contribution in [3.8, 4) is 0 Å². The van der Waals surface area contributed by atoms with Crippen molar-refractivity contribution >= 4 is 5.96 Å². The van der Waals surface area contributed by atoms with E-state index in [4.69, 9.17) is 4.74 Å². The van der Waals surface area contributed by atoms with Crippen LogP contribution in [0.3, 0.4) is 0 Å². The Morgan fingerprint density at radius 2 is 1.89 bits per heavy atom. The van der Waals surface area contributed by atoms with Crippen molar-refractivity contribution in [2.24, 2.45) is 10.9 Å². The summed E-state index contributed by atoms with van der Waals surface area (Å²) in [6.07, 6.45) is 2.21. The van der Waals surface area contributed by atoms with Crippen molar-refractivity contribution in [3.05, 3.63) is 0 Å². The quantitative estimate of drug-likeness (QED) is 0.379. The minimum atomic E-state index is 0.449. The molecule has 18 heavy (non-hydrogen) atoms. The van der Waals surface area contributed by atoms with Gasteiger partial charge in [0.15, 0.2) is 5.96 Å². The Balaban J connectivity index is 3.79. The number of guanidine groups is 1. The van der Waals surface area contributed by atoms with Crippen molar-refractivity contribution in [2.75, 3.05) is 26.3 Å². The minimum absolute atomic E-state index is 0.449. The smallest absolute Gasteiger partial charge is 0.191 e. The summed E-state index contributed by atoms with van der Waals surface area (Å²) in [5.74, 6) is 1.59. The third-order valence-electron chi connectivity index (χ3n) is 2.68. The van der Waals surface area contributed by atoms with Crippen LogP contribution in [0.1, 0.15) is 47.5 Å². The van der Waals surface area contributed by atoms with E-state index in [0.29, 0.717) is 25.1 Å². The number of hydrogen-bond acceptors (Lipinski definition) is 2. The highest BCUT2D eigenvalue weighted by Crippen LogP contribution is 1.98. The molecule has 0 rings (SSSR count). The predicted molar refractivity (Wildman–Crippen MR) is 79.1 cm³/mol. The summed E-state index contributed by atoms with van der Waals surface area (Å²) in [6, 6.07) is 0.449. The Morgan fingerprint density at radius 3 is 2.44 bits per heavy atom. The molecule has 0 aliphatic carbocycles. The van der Waals surface area contributed by atoms with Gasteiger partial charge in [-0.15, -0.1) is 0 Å².